The fourth-order valence-corrected chi connectivity index (χ4v) is 1.12. The molecular formula is C9H9ClN2. The first kappa shape index (κ1) is 9.05. The summed E-state index contributed by atoms with van der Waals surface area (Å²) in [6, 6.07) is 9.58. The van der Waals surface area contributed by atoms with Crippen molar-refractivity contribution in [1.82, 2.24) is 5.32 Å². The highest BCUT2D eigenvalue weighted by Gasteiger charge is 1.92. The third-order valence-electron chi connectivity index (χ3n) is 1.42. The molecule has 0 radical (unpaired) electrons. The summed E-state index contributed by atoms with van der Waals surface area (Å²) in [5.41, 5.74) is 1.10. The third-order valence-corrected chi connectivity index (χ3v) is 1.66. The number of benzene rings is 1. The lowest BCUT2D eigenvalue weighted by molar-refractivity contribution is 0.765. The summed E-state index contributed by atoms with van der Waals surface area (Å²) in [6.45, 7) is 1.06. The van der Waals surface area contributed by atoms with Crippen LogP contribution in [-0.4, -0.2) is 6.54 Å². The van der Waals surface area contributed by atoms with E-state index in [1.54, 1.807) is 0 Å². The highest BCUT2D eigenvalue weighted by atomic mass is 35.5. The van der Waals surface area contributed by atoms with Gasteiger partial charge in [0.25, 0.3) is 0 Å². The van der Waals surface area contributed by atoms with E-state index in [1.807, 2.05) is 30.3 Å². The highest BCUT2D eigenvalue weighted by Crippen LogP contribution is 2.09. The topological polar surface area (TPSA) is 35.8 Å². The van der Waals surface area contributed by atoms with Gasteiger partial charge in [0.05, 0.1) is 12.6 Å². The summed E-state index contributed by atoms with van der Waals surface area (Å²) in [4.78, 5) is 0. The van der Waals surface area contributed by atoms with Gasteiger partial charge in [0.1, 0.15) is 0 Å². The summed E-state index contributed by atoms with van der Waals surface area (Å²) in [5.74, 6) is 0. The Kier molecular flexibility index (Phi) is 3.59. The van der Waals surface area contributed by atoms with Gasteiger partial charge in [-0.05, 0) is 17.7 Å². The van der Waals surface area contributed by atoms with Crippen LogP contribution in [0.3, 0.4) is 0 Å². The minimum atomic E-state index is 0.368. The van der Waals surface area contributed by atoms with Crippen molar-refractivity contribution in [3.05, 3.63) is 34.9 Å². The molecule has 1 N–H and O–H groups in total. The van der Waals surface area contributed by atoms with Crippen LogP contribution in [0, 0.1) is 11.3 Å². The van der Waals surface area contributed by atoms with Crippen molar-refractivity contribution < 1.29 is 0 Å². The van der Waals surface area contributed by atoms with E-state index >= 15 is 0 Å². The first-order valence-electron chi connectivity index (χ1n) is 3.65. The molecule has 1 aromatic carbocycles. The van der Waals surface area contributed by atoms with Gasteiger partial charge in [0.15, 0.2) is 0 Å². The maximum Gasteiger partial charge on any atom is 0.0843 e. The van der Waals surface area contributed by atoms with E-state index in [0.29, 0.717) is 13.1 Å². The van der Waals surface area contributed by atoms with Crippen LogP contribution in [0.2, 0.25) is 5.02 Å². The molecule has 0 amide bonds. The van der Waals surface area contributed by atoms with Crippen LogP contribution < -0.4 is 5.32 Å². The summed E-state index contributed by atoms with van der Waals surface area (Å²) >= 11 is 5.76. The Morgan fingerprint density at radius 1 is 1.50 bits per heavy atom. The van der Waals surface area contributed by atoms with Gasteiger partial charge in [-0.2, -0.15) is 5.26 Å². The van der Waals surface area contributed by atoms with Crippen LogP contribution in [0.5, 0.6) is 0 Å². The van der Waals surface area contributed by atoms with E-state index in [0.717, 1.165) is 10.6 Å². The highest BCUT2D eigenvalue weighted by molar-refractivity contribution is 6.30. The lowest BCUT2D eigenvalue weighted by Crippen LogP contribution is -2.12. The number of nitrogens with one attached hydrogen (secondary N) is 1. The van der Waals surface area contributed by atoms with E-state index in [4.69, 9.17) is 16.9 Å². The lowest BCUT2D eigenvalue weighted by Gasteiger charge is -2.00. The molecule has 0 aliphatic carbocycles. The summed E-state index contributed by atoms with van der Waals surface area (Å²) < 4.78 is 0. The Morgan fingerprint density at radius 3 is 3.00 bits per heavy atom. The van der Waals surface area contributed by atoms with Crippen molar-refractivity contribution in [2.24, 2.45) is 0 Å². The average Bonchev–Trinajstić information content (AvgIpc) is 2.05. The zero-order valence-corrected chi connectivity index (χ0v) is 7.30. The van der Waals surface area contributed by atoms with Crippen molar-refractivity contribution in [3.8, 4) is 6.07 Å². The van der Waals surface area contributed by atoms with Crippen LogP contribution >= 0.6 is 11.6 Å². The van der Waals surface area contributed by atoms with Gasteiger partial charge >= 0.3 is 0 Å². The number of rotatable bonds is 3. The predicted octanol–water partition coefficient (Wildman–Crippen LogP) is 1.95. The standard InChI is InChI=1S/C9H9ClN2/c10-9-3-1-2-8(6-9)7-12-5-4-11/h1-3,6,12H,5,7H2. The summed E-state index contributed by atoms with van der Waals surface area (Å²) in [7, 11) is 0. The molecular weight excluding hydrogens is 172 g/mol. The van der Waals surface area contributed by atoms with Crippen LogP contribution in [-0.2, 0) is 6.54 Å². The van der Waals surface area contributed by atoms with Gasteiger partial charge in [0, 0.05) is 11.6 Å². The largest absolute Gasteiger partial charge is 0.300 e. The molecule has 0 heterocycles. The fourth-order valence-electron chi connectivity index (χ4n) is 0.910. The summed E-state index contributed by atoms with van der Waals surface area (Å²) in [6.07, 6.45) is 0. The molecule has 1 rings (SSSR count). The number of nitrogens with zero attached hydrogens (tertiary/aromatic N) is 1. The quantitative estimate of drug-likeness (QED) is 0.570. The van der Waals surface area contributed by atoms with Gasteiger partial charge < -0.3 is 5.32 Å². The molecule has 62 valence electrons. The van der Waals surface area contributed by atoms with Crippen molar-refractivity contribution in [2.75, 3.05) is 6.54 Å². The minimum Gasteiger partial charge on any atom is -0.300 e. The molecule has 0 saturated heterocycles. The molecule has 1 aromatic rings. The first-order chi connectivity index (χ1) is 5.83. The lowest BCUT2D eigenvalue weighted by atomic mass is 10.2. The van der Waals surface area contributed by atoms with Crippen molar-refractivity contribution in [3.63, 3.8) is 0 Å². The zero-order chi connectivity index (χ0) is 8.81. The van der Waals surface area contributed by atoms with Crippen molar-refractivity contribution in [2.45, 2.75) is 6.54 Å². The first-order valence-corrected chi connectivity index (χ1v) is 4.03. The normalized spacial score (nSPS) is 9.33. The number of halogens is 1. The van der Waals surface area contributed by atoms with Gasteiger partial charge in [-0.15, -0.1) is 0 Å². The predicted molar refractivity (Wildman–Crippen MR) is 48.8 cm³/mol. The van der Waals surface area contributed by atoms with E-state index < -0.39 is 0 Å². The molecule has 0 unspecified atom stereocenters. The molecule has 3 heteroatoms. The zero-order valence-electron chi connectivity index (χ0n) is 6.55. The molecule has 0 aliphatic heterocycles. The average molecular weight is 181 g/mol. The van der Waals surface area contributed by atoms with Crippen molar-refractivity contribution in [1.29, 1.82) is 5.26 Å². The number of hydrogen-bond donors (Lipinski definition) is 1. The second-order valence-electron chi connectivity index (χ2n) is 2.39. The molecule has 12 heavy (non-hydrogen) atoms. The Hall–Kier alpha value is -1.04. The fraction of sp³-hybridized carbons (Fsp3) is 0.222. The van der Waals surface area contributed by atoms with E-state index in [-0.39, 0.29) is 0 Å². The second-order valence-corrected chi connectivity index (χ2v) is 2.83. The number of nitriles is 1. The molecule has 0 bridgehead atoms. The van der Waals surface area contributed by atoms with Gasteiger partial charge in [-0.25, -0.2) is 0 Å². The smallest absolute Gasteiger partial charge is 0.0843 e. The Bertz CT molecular complexity index is 291. The molecule has 0 fully saturated rings. The van der Waals surface area contributed by atoms with Gasteiger partial charge in [-0.3, -0.25) is 0 Å². The third kappa shape index (κ3) is 2.91. The Balaban J connectivity index is 2.48. The maximum absolute atomic E-state index is 8.26. The van der Waals surface area contributed by atoms with Gasteiger partial charge in [-0.1, -0.05) is 23.7 Å². The molecule has 0 aliphatic rings. The molecule has 2 nitrogen and oxygen atoms in total. The Labute approximate surface area is 76.8 Å². The van der Waals surface area contributed by atoms with Crippen molar-refractivity contribution >= 4 is 11.6 Å². The molecule has 0 aromatic heterocycles. The SMILES string of the molecule is N#CCNCc1cccc(Cl)c1. The van der Waals surface area contributed by atoms with Crippen LogP contribution in [0.1, 0.15) is 5.56 Å². The second kappa shape index (κ2) is 4.76. The monoisotopic (exact) mass is 180 g/mol. The minimum absolute atomic E-state index is 0.368. The van der Waals surface area contributed by atoms with Crippen LogP contribution in [0.25, 0.3) is 0 Å². The van der Waals surface area contributed by atoms with Crippen LogP contribution in [0.4, 0.5) is 0 Å². The van der Waals surface area contributed by atoms with E-state index in [9.17, 15) is 0 Å². The maximum atomic E-state index is 8.26. The molecule has 0 spiro atoms. The van der Waals surface area contributed by atoms with E-state index in [1.165, 1.54) is 0 Å². The molecule has 0 saturated carbocycles. The Morgan fingerprint density at radius 2 is 2.33 bits per heavy atom. The van der Waals surface area contributed by atoms with Crippen LogP contribution in [0.15, 0.2) is 24.3 Å². The number of hydrogen-bond acceptors (Lipinski definition) is 2. The van der Waals surface area contributed by atoms with Gasteiger partial charge in [0.2, 0.25) is 0 Å². The molecule has 0 atom stereocenters. The summed E-state index contributed by atoms with van der Waals surface area (Å²) in [5, 5.41) is 11.9. The van der Waals surface area contributed by atoms with E-state index in [2.05, 4.69) is 5.32 Å².